The van der Waals surface area contributed by atoms with Gasteiger partial charge in [0.05, 0.1) is 27.9 Å². The van der Waals surface area contributed by atoms with Crippen LogP contribution < -0.4 is 25.3 Å². The van der Waals surface area contributed by atoms with Crippen LogP contribution in [0.25, 0.3) is 0 Å². The molecule has 0 radical (unpaired) electrons. The molecule has 0 saturated heterocycles. The number of hydrogen-bond donors (Lipinski definition) is 2. The number of anilines is 1. The standard InChI is InChI=1S/C19H25N3O3/c1-5-13-6-8-15(9-7-13)22-19(20)21-12-14-10-17(24-3)18(25-4)11-16(14)23-2/h6-11H,5,12H2,1-4H3,(H3,20,21,22). The predicted molar refractivity (Wildman–Crippen MR) is 101 cm³/mol. The van der Waals surface area contributed by atoms with Crippen LogP contribution in [0.3, 0.4) is 0 Å². The van der Waals surface area contributed by atoms with Gasteiger partial charge >= 0.3 is 0 Å². The molecule has 134 valence electrons. The number of benzene rings is 2. The van der Waals surface area contributed by atoms with Crippen molar-refractivity contribution in [2.75, 3.05) is 26.6 Å². The summed E-state index contributed by atoms with van der Waals surface area (Å²) in [6.45, 7) is 2.48. The van der Waals surface area contributed by atoms with Gasteiger partial charge in [-0.1, -0.05) is 19.1 Å². The highest BCUT2D eigenvalue weighted by molar-refractivity contribution is 5.92. The van der Waals surface area contributed by atoms with Crippen molar-refractivity contribution in [3.05, 3.63) is 47.5 Å². The SMILES string of the molecule is CCc1ccc(NC(N)=NCc2cc(OC)c(OC)cc2OC)cc1. The molecule has 0 unspecified atom stereocenters. The lowest BCUT2D eigenvalue weighted by molar-refractivity contribution is 0.347. The Kier molecular flexibility index (Phi) is 6.51. The van der Waals surface area contributed by atoms with Crippen LogP contribution in [0.2, 0.25) is 0 Å². The largest absolute Gasteiger partial charge is 0.496 e. The number of aryl methyl sites for hydroxylation is 1. The molecule has 0 amide bonds. The second-order valence-electron chi connectivity index (χ2n) is 5.40. The summed E-state index contributed by atoms with van der Waals surface area (Å²) in [4.78, 5) is 4.38. The van der Waals surface area contributed by atoms with Gasteiger partial charge in [-0.25, -0.2) is 4.99 Å². The van der Waals surface area contributed by atoms with Crippen molar-refractivity contribution in [2.24, 2.45) is 10.7 Å². The fourth-order valence-corrected chi connectivity index (χ4v) is 2.40. The van der Waals surface area contributed by atoms with Gasteiger partial charge in [-0.3, -0.25) is 0 Å². The maximum atomic E-state index is 5.98. The van der Waals surface area contributed by atoms with Gasteiger partial charge in [-0.05, 0) is 30.2 Å². The summed E-state index contributed by atoms with van der Waals surface area (Å²) in [6.07, 6.45) is 1.00. The summed E-state index contributed by atoms with van der Waals surface area (Å²) in [6, 6.07) is 11.7. The molecule has 25 heavy (non-hydrogen) atoms. The van der Waals surface area contributed by atoms with Crippen molar-refractivity contribution in [3.63, 3.8) is 0 Å². The lowest BCUT2D eigenvalue weighted by atomic mass is 10.1. The summed E-state index contributed by atoms with van der Waals surface area (Å²) in [5.41, 5.74) is 9.01. The van der Waals surface area contributed by atoms with Gasteiger partial charge in [0.1, 0.15) is 5.75 Å². The molecule has 0 fully saturated rings. The molecule has 3 N–H and O–H groups in total. The number of aliphatic imine (C=N–C) groups is 1. The zero-order chi connectivity index (χ0) is 18.2. The van der Waals surface area contributed by atoms with E-state index in [-0.39, 0.29) is 0 Å². The zero-order valence-electron chi connectivity index (χ0n) is 15.1. The van der Waals surface area contributed by atoms with Gasteiger partial charge in [-0.2, -0.15) is 0 Å². The second kappa shape index (κ2) is 8.82. The van der Waals surface area contributed by atoms with Crippen LogP contribution in [0.4, 0.5) is 5.69 Å². The molecule has 6 heteroatoms. The second-order valence-corrected chi connectivity index (χ2v) is 5.40. The average Bonchev–Trinajstić information content (AvgIpc) is 2.66. The summed E-state index contributed by atoms with van der Waals surface area (Å²) in [5.74, 6) is 2.23. The van der Waals surface area contributed by atoms with Gasteiger partial charge in [0.25, 0.3) is 0 Å². The molecular weight excluding hydrogens is 318 g/mol. The third-order valence-electron chi connectivity index (χ3n) is 3.84. The first-order valence-electron chi connectivity index (χ1n) is 8.06. The topological polar surface area (TPSA) is 78.1 Å². The van der Waals surface area contributed by atoms with Gasteiger partial charge < -0.3 is 25.3 Å². The molecule has 2 rings (SSSR count). The van der Waals surface area contributed by atoms with E-state index < -0.39 is 0 Å². The highest BCUT2D eigenvalue weighted by Gasteiger charge is 2.11. The Bertz CT molecular complexity index is 727. The third-order valence-corrected chi connectivity index (χ3v) is 3.84. The van der Waals surface area contributed by atoms with E-state index in [4.69, 9.17) is 19.9 Å². The molecule has 6 nitrogen and oxygen atoms in total. The van der Waals surface area contributed by atoms with Crippen LogP contribution in [-0.4, -0.2) is 27.3 Å². The number of hydrogen-bond acceptors (Lipinski definition) is 4. The first-order chi connectivity index (χ1) is 12.1. The Hall–Kier alpha value is -2.89. The highest BCUT2D eigenvalue weighted by atomic mass is 16.5. The molecule has 2 aromatic carbocycles. The van der Waals surface area contributed by atoms with E-state index in [0.717, 1.165) is 17.7 Å². The molecule has 0 bridgehead atoms. The maximum absolute atomic E-state index is 5.98. The fraction of sp³-hybridized carbons (Fsp3) is 0.316. The van der Waals surface area contributed by atoms with E-state index in [9.17, 15) is 0 Å². The van der Waals surface area contributed by atoms with Crippen LogP contribution in [0.1, 0.15) is 18.1 Å². The van der Waals surface area contributed by atoms with E-state index >= 15 is 0 Å². The van der Waals surface area contributed by atoms with E-state index in [0.29, 0.717) is 29.8 Å². The third kappa shape index (κ3) is 4.79. The monoisotopic (exact) mass is 343 g/mol. The van der Waals surface area contributed by atoms with Crippen LogP contribution in [0, 0.1) is 0 Å². The van der Waals surface area contributed by atoms with Crippen molar-refractivity contribution >= 4 is 11.6 Å². The number of nitrogens with zero attached hydrogens (tertiary/aromatic N) is 1. The molecule has 2 aromatic rings. The summed E-state index contributed by atoms with van der Waals surface area (Å²) < 4.78 is 16.0. The Balaban J connectivity index is 2.13. The van der Waals surface area contributed by atoms with Crippen molar-refractivity contribution in [2.45, 2.75) is 19.9 Å². The maximum Gasteiger partial charge on any atom is 0.193 e. The number of nitrogens with two attached hydrogens (primary N) is 1. The Morgan fingerprint density at radius 2 is 1.56 bits per heavy atom. The summed E-state index contributed by atoms with van der Waals surface area (Å²) in [5, 5.41) is 3.08. The molecular formula is C19H25N3O3. The van der Waals surface area contributed by atoms with Crippen LogP contribution >= 0.6 is 0 Å². The van der Waals surface area contributed by atoms with Crippen LogP contribution in [0.5, 0.6) is 17.2 Å². The van der Waals surface area contributed by atoms with Crippen LogP contribution in [0.15, 0.2) is 41.4 Å². The lowest BCUT2D eigenvalue weighted by Crippen LogP contribution is -2.22. The van der Waals surface area contributed by atoms with Crippen LogP contribution in [-0.2, 0) is 13.0 Å². The average molecular weight is 343 g/mol. The van der Waals surface area contributed by atoms with Crippen molar-refractivity contribution in [1.29, 1.82) is 0 Å². The molecule has 0 saturated carbocycles. The smallest absolute Gasteiger partial charge is 0.193 e. The number of rotatable bonds is 7. The van der Waals surface area contributed by atoms with E-state index in [1.807, 2.05) is 18.2 Å². The number of methoxy groups -OCH3 is 3. The first kappa shape index (κ1) is 18.4. The molecule has 0 aliphatic carbocycles. The van der Waals surface area contributed by atoms with E-state index in [2.05, 4.69) is 29.4 Å². The normalized spacial score (nSPS) is 11.1. The zero-order valence-corrected chi connectivity index (χ0v) is 15.1. The minimum Gasteiger partial charge on any atom is -0.496 e. The summed E-state index contributed by atoms with van der Waals surface area (Å²) >= 11 is 0. The fourth-order valence-electron chi connectivity index (χ4n) is 2.40. The predicted octanol–water partition coefficient (Wildman–Crippen LogP) is 3.20. The summed E-state index contributed by atoms with van der Waals surface area (Å²) in [7, 11) is 4.78. The quantitative estimate of drug-likeness (QED) is 0.596. The molecule has 0 aliphatic heterocycles. The molecule has 0 heterocycles. The Morgan fingerprint density at radius 1 is 0.960 bits per heavy atom. The molecule has 0 atom stereocenters. The van der Waals surface area contributed by atoms with Crippen molar-refractivity contribution < 1.29 is 14.2 Å². The minimum absolute atomic E-state index is 0.334. The van der Waals surface area contributed by atoms with E-state index in [1.54, 1.807) is 27.4 Å². The van der Waals surface area contributed by atoms with Gasteiger partial charge in [-0.15, -0.1) is 0 Å². The number of guanidine groups is 1. The van der Waals surface area contributed by atoms with Crippen molar-refractivity contribution in [1.82, 2.24) is 0 Å². The van der Waals surface area contributed by atoms with Crippen molar-refractivity contribution in [3.8, 4) is 17.2 Å². The molecule has 0 aliphatic rings. The Morgan fingerprint density at radius 3 is 2.12 bits per heavy atom. The molecule has 0 aromatic heterocycles. The lowest BCUT2D eigenvalue weighted by Gasteiger charge is -2.13. The van der Waals surface area contributed by atoms with Gasteiger partial charge in [0.15, 0.2) is 17.5 Å². The highest BCUT2D eigenvalue weighted by Crippen LogP contribution is 2.34. The number of ether oxygens (including phenoxy) is 3. The first-order valence-corrected chi connectivity index (χ1v) is 8.06. The van der Waals surface area contributed by atoms with E-state index in [1.165, 1.54) is 5.56 Å². The molecule has 0 spiro atoms. The minimum atomic E-state index is 0.334. The number of nitrogens with one attached hydrogen (secondary N) is 1. The van der Waals surface area contributed by atoms with Gasteiger partial charge in [0.2, 0.25) is 0 Å². The Labute approximate surface area is 148 Å². The van der Waals surface area contributed by atoms with Gasteiger partial charge in [0, 0.05) is 17.3 Å².